The van der Waals surface area contributed by atoms with Crippen LogP contribution in [0.15, 0.2) is 35.2 Å². The Balaban J connectivity index is 2.46. The van der Waals surface area contributed by atoms with Gasteiger partial charge < -0.3 is 4.52 Å². The van der Waals surface area contributed by atoms with Gasteiger partial charge in [0.1, 0.15) is 17.7 Å². The number of pyridine rings is 1. The van der Waals surface area contributed by atoms with Crippen LogP contribution in [0.2, 0.25) is 0 Å². The molecule has 1 radical (unpaired) electrons. The lowest BCUT2D eigenvalue weighted by atomic mass is 10.3. The molecule has 3 heteroatoms. The predicted molar refractivity (Wildman–Crippen MR) is 38.6 cm³/mol. The van der Waals surface area contributed by atoms with Crippen molar-refractivity contribution in [3.05, 3.63) is 36.7 Å². The molecule has 0 N–H and O–H groups in total. The summed E-state index contributed by atoms with van der Waals surface area (Å²) >= 11 is 0. The molecule has 0 bridgehead atoms. The first kappa shape index (κ1) is 6.09. The fourth-order valence-corrected chi connectivity index (χ4v) is 0.800. The summed E-state index contributed by atoms with van der Waals surface area (Å²) in [5.74, 6) is 0. The van der Waals surface area contributed by atoms with Gasteiger partial charge in [-0.3, -0.25) is 4.98 Å². The van der Waals surface area contributed by atoms with E-state index in [0.717, 1.165) is 0 Å². The van der Waals surface area contributed by atoms with Gasteiger partial charge in [0.05, 0.1) is 0 Å². The van der Waals surface area contributed by atoms with Crippen molar-refractivity contribution in [3.63, 3.8) is 0 Å². The van der Waals surface area contributed by atoms with Crippen LogP contribution in [0.4, 0.5) is 0 Å². The molecule has 11 heavy (non-hydrogen) atoms. The van der Waals surface area contributed by atoms with Crippen molar-refractivity contribution in [2.75, 3.05) is 0 Å². The van der Waals surface area contributed by atoms with Crippen molar-refractivity contribution in [2.24, 2.45) is 0 Å². The van der Waals surface area contributed by atoms with Gasteiger partial charge in [0, 0.05) is 18.3 Å². The second-order valence-corrected chi connectivity index (χ2v) is 2.01. The number of hydrogen-bond acceptors (Lipinski definition) is 3. The van der Waals surface area contributed by atoms with Crippen molar-refractivity contribution in [1.82, 2.24) is 10.1 Å². The van der Waals surface area contributed by atoms with E-state index in [9.17, 15) is 0 Å². The monoisotopic (exact) mass is 145 g/mol. The smallest absolute Gasteiger partial charge is 0.132 e. The fourth-order valence-electron chi connectivity index (χ4n) is 0.800. The van der Waals surface area contributed by atoms with Crippen LogP contribution < -0.4 is 0 Å². The van der Waals surface area contributed by atoms with E-state index in [-0.39, 0.29) is 0 Å². The maximum absolute atomic E-state index is 4.66. The number of aromatic nitrogens is 2. The number of nitrogens with zero attached hydrogens (tertiary/aromatic N) is 2. The van der Waals surface area contributed by atoms with E-state index in [4.69, 9.17) is 0 Å². The van der Waals surface area contributed by atoms with Crippen molar-refractivity contribution < 1.29 is 4.52 Å². The molecule has 0 aliphatic rings. The maximum Gasteiger partial charge on any atom is 0.132 e. The van der Waals surface area contributed by atoms with Crippen LogP contribution in [0.3, 0.4) is 0 Å². The summed E-state index contributed by atoms with van der Waals surface area (Å²) in [6.07, 6.45) is 3.21. The third kappa shape index (κ3) is 1.12. The molecule has 0 aliphatic heterocycles. The molecule has 0 saturated carbocycles. The van der Waals surface area contributed by atoms with E-state index in [2.05, 4.69) is 20.7 Å². The molecule has 0 unspecified atom stereocenters. The van der Waals surface area contributed by atoms with Gasteiger partial charge in [-0.15, -0.1) is 0 Å². The summed E-state index contributed by atoms with van der Waals surface area (Å²) in [6, 6.07) is 8.28. The summed E-state index contributed by atoms with van der Waals surface area (Å²) in [7, 11) is 0. The molecular formula is C8H5N2O. The third-order valence-corrected chi connectivity index (χ3v) is 1.29. The highest BCUT2D eigenvalue weighted by Gasteiger charge is 1.99. The SMILES string of the molecule is [c]1cccnc1-c1ccon1. The molecule has 2 aromatic heterocycles. The van der Waals surface area contributed by atoms with E-state index >= 15 is 0 Å². The normalized spacial score (nSPS) is 9.82. The van der Waals surface area contributed by atoms with Crippen LogP contribution in [0.5, 0.6) is 0 Å². The predicted octanol–water partition coefficient (Wildman–Crippen LogP) is 1.54. The fraction of sp³-hybridized carbons (Fsp3) is 0. The van der Waals surface area contributed by atoms with E-state index < -0.39 is 0 Å². The lowest BCUT2D eigenvalue weighted by Crippen LogP contribution is -1.80. The summed E-state index contributed by atoms with van der Waals surface area (Å²) in [5, 5.41) is 3.72. The zero-order valence-corrected chi connectivity index (χ0v) is 5.69. The molecule has 3 nitrogen and oxygen atoms in total. The third-order valence-electron chi connectivity index (χ3n) is 1.29. The van der Waals surface area contributed by atoms with Gasteiger partial charge >= 0.3 is 0 Å². The van der Waals surface area contributed by atoms with Gasteiger partial charge in [-0.1, -0.05) is 11.2 Å². The Hall–Kier alpha value is -1.64. The second kappa shape index (κ2) is 2.54. The molecule has 2 heterocycles. The van der Waals surface area contributed by atoms with Gasteiger partial charge in [-0.25, -0.2) is 0 Å². The van der Waals surface area contributed by atoms with Crippen LogP contribution in [0, 0.1) is 6.07 Å². The molecular weight excluding hydrogens is 140 g/mol. The maximum atomic E-state index is 4.66. The number of hydrogen-bond donors (Lipinski definition) is 0. The average Bonchev–Trinajstić information content (AvgIpc) is 2.58. The largest absolute Gasteiger partial charge is 0.364 e. The van der Waals surface area contributed by atoms with Crippen LogP contribution in [0.1, 0.15) is 0 Å². The Labute approximate surface area is 63.7 Å². The Kier molecular flexibility index (Phi) is 1.41. The second-order valence-electron chi connectivity index (χ2n) is 2.01. The minimum Gasteiger partial charge on any atom is -0.364 e. The molecule has 0 fully saturated rings. The summed E-state index contributed by atoms with van der Waals surface area (Å²) < 4.78 is 4.66. The van der Waals surface area contributed by atoms with Gasteiger partial charge in [0.25, 0.3) is 0 Å². The highest BCUT2D eigenvalue weighted by molar-refractivity contribution is 5.50. The molecule has 0 amide bonds. The first-order valence-corrected chi connectivity index (χ1v) is 3.20. The molecule has 53 valence electrons. The molecule has 2 aromatic rings. The van der Waals surface area contributed by atoms with Crippen molar-refractivity contribution in [1.29, 1.82) is 0 Å². The van der Waals surface area contributed by atoms with Gasteiger partial charge in [0.15, 0.2) is 0 Å². The lowest BCUT2D eigenvalue weighted by Gasteiger charge is -1.89. The zero-order valence-electron chi connectivity index (χ0n) is 5.69. The Bertz CT molecular complexity index is 315. The molecule has 0 saturated heterocycles. The Morgan fingerprint density at radius 3 is 3.09 bits per heavy atom. The van der Waals surface area contributed by atoms with Crippen LogP contribution >= 0.6 is 0 Å². The standard InChI is InChI=1S/C8H5N2O/c1-2-5-9-7(3-1)8-4-6-11-10-8/h1-2,4-6H. The first-order chi connectivity index (χ1) is 5.47. The molecule has 2 rings (SSSR count). The lowest BCUT2D eigenvalue weighted by molar-refractivity contribution is 0.422. The molecule has 0 atom stereocenters. The van der Waals surface area contributed by atoms with Gasteiger partial charge in [-0.2, -0.15) is 0 Å². The highest BCUT2D eigenvalue weighted by Crippen LogP contribution is 2.10. The summed E-state index contributed by atoms with van der Waals surface area (Å²) in [6.45, 7) is 0. The molecule has 0 aromatic carbocycles. The van der Waals surface area contributed by atoms with Crippen LogP contribution in [0.25, 0.3) is 11.4 Å². The first-order valence-electron chi connectivity index (χ1n) is 3.20. The van der Waals surface area contributed by atoms with Crippen molar-refractivity contribution >= 4 is 0 Å². The van der Waals surface area contributed by atoms with E-state index in [1.165, 1.54) is 6.26 Å². The Morgan fingerprint density at radius 2 is 2.45 bits per heavy atom. The van der Waals surface area contributed by atoms with Gasteiger partial charge in [-0.05, 0) is 6.07 Å². The molecule has 0 aliphatic carbocycles. The quantitative estimate of drug-likeness (QED) is 0.610. The van der Waals surface area contributed by atoms with Crippen molar-refractivity contribution in [2.45, 2.75) is 0 Å². The average molecular weight is 145 g/mol. The minimum atomic E-state index is 0.709. The van der Waals surface area contributed by atoms with E-state index in [1.54, 1.807) is 18.3 Å². The van der Waals surface area contributed by atoms with E-state index in [0.29, 0.717) is 11.4 Å². The Morgan fingerprint density at radius 1 is 1.45 bits per heavy atom. The zero-order chi connectivity index (χ0) is 7.52. The topological polar surface area (TPSA) is 38.9 Å². The summed E-state index contributed by atoms with van der Waals surface area (Å²) in [5.41, 5.74) is 1.42. The molecule has 0 spiro atoms. The van der Waals surface area contributed by atoms with E-state index in [1.807, 2.05) is 6.07 Å². The van der Waals surface area contributed by atoms with Crippen LogP contribution in [-0.2, 0) is 0 Å². The minimum absolute atomic E-state index is 0.709. The van der Waals surface area contributed by atoms with Gasteiger partial charge in [0.2, 0.25) is 0 Å². The van der Waals surface area contributed by atoms with Crippen molar-refractivity contribution in [3.8, 4) is 11.4 Å². The number of rotatable bonds is 1. The van der Waals surface area contributed by atoms with Crippen LogP contribution in [-0.4, -0.2) is 10.1 Å². The highest BCUT2D eigenvalue weighted by atomic mass is 16.5. The summed E-state index contributed by atoms with van der Waals surface area (Å²) in [4.78, 5) is 4.04.